The summed E-state index contributed by atoms with van der Waals surface area (Å²) in [5.74, 6) is 0.137. The van der Waals surface area contributed by atoms with Crippen molar-refractivity contribution in [2.24, 2.45) is 5.92 Å². The lowest BCUT2D eigenvalue weighted by molar-refractivity contribution is -0.145. The molecule has 40 heavy (non-hydrogen) atoms. The Kier molecular flexibility index (Phi) is 12.0. The molecule has 0 radical (unpaired) electrons. The average Bonchev–Trinajstić information content (AvgIpc) is 2.98. The van der Waals surface area contributed by atoms with Crippen LogP contribution in [0.3, 0.4) is 0 Å². The highest BCUT2D eigenvalue weighted by molar-refractivity contribution is 7.98. The van der Waals surface area contributed by atoms with Gasteiger partial charge in [0.15, 0.2) is 0 Å². The number of carbonyl (C=O) groups is 2. The number of sulfonamides is 1. The summed E-state index contributed by atoms with van der Waals surface area (Å²) in [7, 11) is -0.632. The fourth-order valence-electron chi connectivity index (χ4n) is 5.24. The molecule has 2 aromatic rings. The Hall–Kier alpha value is -2.40. The Labute approximate surface area is 243 Å². The van der Waals surface area contributed by atoms with Gasteiger partial charge in [0.05, 0.1) is 12.0 Å². The quantitative estimate of drug-likeness (QED) is 0.335. The molecule has 1 aliphatic rings. The van der Waals surface area contributed by atoms with E-state index in [0.717, 1.165) is 37.4 Å². The molecule has 3 rings (SSSR count). The monoisotopic (exact) mass is 589 g/mol. The molecule has 0 unspecified atom stereocenters. The topological polar surface area (TPSA) is 96.0 Å². The molecule has 0 saturated carbocycles. The second-order valence-electron chi connectivity index (χ2n) is 10.7. The highest BCUT2D eigenvalue weighted by Crippen LogP contribution is 2.31. The lowest BCUT2D eigenvalue weighted by Gasteiger charge is -2.38. The van der Waals surface area contributed by atoms with E-state index in [4.69, 9.17) is 4.74 Å². The molecule has 1 saturated heterocycles. The van der Waals surface area contributed by atoms with Crippen LogP contribution in [0.1, 0.15) is 38.2 Å². The third kappa shape index (κ3) is 8.55. The number of carbonyl (C=O) groups excluding carboxylic acids is 2. The minimum Gasteiger partial charge on any atom is -0.467 e. The van der Waals surface area contributed by atoms with Gasteiger partial charge in [-0.25, -0.2) is 17.5 Å². The molecule has 2 aromatic carbocycles. The molecule has 10 heteroatoms. The second kappa shape index (κ2) is 15.0. The molecular weight excluding hydrogens is 546 g/mol. The number of methoxy groups -OCH3 is 1. The van der Waals surface area contributed by atoms with Crippen LogP contribution >= 0.6 is 11.8 Å². The zero-order valence-corrected chi connectivity index (χ0v) is 25.7. The Morgan fingerprint density at radius 1 is 1.10 bits per heavy atom. The lowest BCUT2D eigenvalue weighted by atomic mass is 9.79. The Morgan fingerprint density at radius 2 is 1.70 bits per heavy atom. The fourth-order valence-corrected chi connectivity index (χ4v) is 7.03. The third-order valence-electron chi connectivity index (χ3n) is 7.84. The first-order valence-electron chi connectivity index (χ1n) is 13.8. The first kappa shape index (κ1) is 32.1. The van der Waals surface area contributed by atoms with Crippen molar-refractivity contribution in [1.29, 1.82) is 0 Å². The highest BCUT2D eigenvalue weighted by Gasteiger charge is 2.34. The van der Waals surface area contributed by atoms with E-state index in [1.807, 2.05) is 30.5 Å². The number of hydrogen-bond acceptors (Lipinski definition) is 7. The maximum atomic E-state index is 13.3. The summed E-state index contributed by atoms with van der Waals surface area (Å²) in [6, 6.07) is 18.0. The molecule has 1 aliphatic heterocycles. The van der Waals surface area contributed by atoms with E-state index in [1.165, 1.54) is 11.4 Å². The summed E-state index contributed by atoms with van der Waals surface area (Å²) in [5, 5.41) is 2.91. The van der Waals surface area contributed by atoms with Crippen LogP contribution in [0.25, 0.3) is 0 Å². The zero-order valence-electron chi connectivity index (χ0n) is 24.0. The Balaban J connectivity index is 1.62. The third-order valence-corrected chi connectivity index (χ3v) is 10.3. The maximum Gasteiger partial charge on any atom is 0.328 e. The van der Waals surface area contributed by atoms with Crippen molar-refractivity contribution >= 4 is 33.7 Å². The Bertz CT molecular complexity index is 1190. The minimum atomic E-state index is -3.62. The lowest BCUT2D eigenvalue weighted by Crippen LogP contribution is -2.48. The maximum absolute atomic E-state index is 13.3. The summed E-state index contributed by atoms with van der Waals surface area (Å²) < 4.78 is 32.9. The molecule has 2 atom stereocenters. The number of amides is 1. The summed E-state index contributed by atoms with van der Waals surface area (Å²) >= 11 is 1.63. The molecule has 0 aromatic heterocycles. The normalized spacial score (nSPS) is 17.2. The first-order chi connectivity index (χ1) is 19.1. The van der Waals surface area contributed by atoms with Crippen molar-refractivity contribution in [3.8, 4) is 0 Å². The van der Waals surface area contributed by atoms with Gasteiger partial charge < -0.3 is 15.0 Å². The van der Waals surface area contributed by atoms with Crippen LogP contribution < -0.4 is 5.32 Å². The van der Waals surface area contributed by atoms with Gasteiger partial charge in [0.2, 0.25) is 15.9 Å². The van der Waals surface area contributed by atoms with E-state index in [-0.39, 0.29) is 16.7 Å². The molecule has 1 amide bonds. The van der Waals surface area contributed by atoms with E-state index < -0.39 is 27.4 Å². The standard InChI is InChI=1S/C30H43N3O5S2/c1-30(25-11-7-5-8-12-25,23-32(2)40(36,37)26-13-9-6-10-14-26)18-21-33-19-15-24(16-20-33)28(34)31-27(17-22-39-4)29(35)38-3/h5-14,24,27H,15-23H2,1-4H3,(H,31,34)/t27-,30-/m1/s1. The van der Waals surface area contributed by atoms with Crippen LogP contribution in [0, 0.1) is 5.92 Å². The van der Waals surface area contributed by atoms with Crippen molar-refractivity contribution < 1.29 is 22.7 Å². The van der Waals surface area contributed by atoms with Crippen molar-refractivity contribution in [2.75, 3.05) is 52.3 Å². The number of rotatable bonds is 14. The minimum absolute atomic E-state index is 0.0852. The molecule has 0 aliphatic carbocycles. The first-order valence-corrected chi connectivity index (χ1v) is 16.6. The van der Waals surface area contributed by atoms with Crippen molar-refractivity contribution in [3.63, 3.8) is 0 Å². The second-order valence-corrected chi connectivity index (χ2v) is 13.8. The van der Waals surface area contributed by atoms with Crippen LogP contribution in [0.4, 0.5) is 0 Å². The number of thioether (sulfide) groups is 1. The zero-order chi connectivity index (χ0) is 29.2. The molecule has 0 bridgehead atoms. The van der Waals surface area contributed by atoms with E-state index in [9.17, 15) is 18.0 Å². The van der Waals surface area contributed by atoms with Gasteiger partial charge in [0.25, 0.3) is 0 Å². The largest absolute Gasteiger partial charge is 0.467 e. The van der Waals surface area contributed by atoms with Gasteiger partial charge >= 0.3 is 5.97 Å². The molecule has 1 fully saturated rings. The van der Waals surface area contributed by atoms with Gasteiger partial charge in [-0.15, -0.1) is 0 Å². The van der Waals surface area contributed by atoms with Gasteiger partial charge in [0.1, 0.15) is 6.04 Å². The number of ether oxygens (including phenoxy) is 1. The number of likely N-dealkylation sites (N-methyl/N-ethyl adjacent to an activating group) is 1. The number of piperidine rings is 1. The van der Waals surface area contributed by atoms with Crippen LogP contribution in [-0.2, 0) is 29.8 Å². The number of likely N-dealkylation sites (tertiary alicyclic amines) is 1. The molecule has 1 heterocycles. The van der Waals surface area contributed by atoms with Crippen LogP contribution in [0.15, 0.2) is 65.6 Å². The number of esters is 1. The molecule has 8 nitrogen and oxygen atoms in total. The smallest absolute Gasteiger partial charge is 0.328 e. The summed E-state index contributed by atoms with van der Waals surface area (Å²) in [5.41, 5.74) is 0.690. The molecule has 0 spiro atoms. The molecule has 220 valence electrons. The van der Waals surface area contributed by atoms with Gasteiger partial charge in [0, 0.05) is 24.9 Å². The van der Waals surface area contributed by atoms with Crippen molar-refractivity contribution in [2.45, 2.75) is 49.0 Å². The number of benzene rings is 2. The van der Waals surface area contributed by atoms with Crippen LogP contribution in [0.5, 0.6) is 0 Å². The van der Waals surface area contributed by atoms with Crippen LogP contribution in [0.2, 0.25) is 0 Å². The van der Waals surface area contributed by atoms with E-state index in [2.05, 4.69) is 29.3 Å². The predicted molar refractivity (Wildman–Crippen MR) is 161 cm³/mol. The van der Waals surface area contributed by atoms with Crippen molar-refractivity contribution in [1.82, 2.24) is 14.5 Å². The Morgan fingerprint density at radius 3 is 2.27 bits per heavy atom. The predicted octanol–water partition coefficient (Wildman–Crippen LogP) is 3.78. The number of nitrogens with zero attached hydrogens (tertiary/aromatic N) is 2. The van der Waals surface area contributed by atoms with Gasteiger partial charge in [-0.2, -0.15) is 11.8 Å². The van der Waals surface area contributed by atoms with Crippen LogP contribution in [-0.4, -0.2) is 87.9 Å². The van der Waals surface area contributed by atoms with E-state index >= 15 is 0 Å². The van der Waals surface area contributed by atoms with E-state index in [0.29, 0.717) is 25.8 Å². The average molecular weight is 590 g/mol. The summed E-state index contributed by atoms with van der Waals surface area (Å²) in [4.78, 5) is 27.7. The highest BCUT2D eigenvalue weighted by atomic mass is 32.2. The summed E-state index contributed by atoms with van der Waals surface area (Å²) in [6.07, 6.45) is 4.71. The molecule has 1 N–H and O–H groups in total. The number of nitrogens with one attached hydrogen (secondary N) is 1. The van der Waals surface area contributed by atoms with Gasteiger partial charge in [-0.1, -0.05) is 55.5 Å². The molecular formula is C30H43N3O5S2. The van der Waals surface area contributed by atoms with Gasteiger partial charge in [-0.05, 0) is 75.0 Å². The fraction of sp³-hybridized carbons (Fsp3) is 0.533. The SMILES string of the molecule is COC(=O)[C@@H](CCSC)NC(=O)C1CCN(CC[C@](C)(CN(C)S(=O)(=O)c2ccccc2)c2ccccc2)CC1. The summed E-state index contributed by atoms with van der Waals surface area (Å²) in [6.45, 7) is 4.81. The van der Waals surface area contributed by atoms with Gasteiger partial charge in [-0.3, -0.25) is 4.79 Å². The van der Waals surface area contributed by atoms with E-state index in [1.54, 1.807) is 43.1 Å². The van der Waals surface area contributed by atoms with Crippen molar-refractivity contribution in [3.05, 3.63) is 66.2 Å². The number of hydrogen-bond donors (Lipinski definition) is 1.